The van der Waals surface area contributed by atoms with Gasteiger partial charge in [0.1, 0.15) is 0 Å². The van der Waals surface area contributed by atoms with Gasteiger partial charge in [0.15, 0.2) is 0 Å². The van der Waals surface area contributed by atoms with Crippen LogP contribution in [0.1, 0.15) is 26.2 Å². The van der Waals surface area contributed by atoms with E-state index in [9.17, 15) is 4.79 Å². The number of hydrogen-bond acceptors (Lipinski definition) is 3. The monoisotopic (exact) mass is 211 g/mol. The second kappa shape index (κ2) is 4.49. The van der Waals surface area contributed by atoms with E-state index in [1.54, 1.807) is 7.05 Å². The Bertz CT molecular complexity index is 240. The van der Waals surface area contributed by atoms with Gasteiger partial charge in [-0.15, -0.1) is 0 Å². The molecule has 1 amide bonds. The van der Waals surface area contributed by atoms with Gasteiger partial charge in [0, 0.05) is 24.7 Å². The predicted molar refractivity (Wildman–Crippen MR) is 59.7 cm³/mol. The molecule has 0 aromatic carbocycles. The Morgan fingerprint density at radius 3 is 2.80 bits per heavy atom. The van der Waals surface area contributed by atoms with E-state index in [-0.39, 0.29) is 5.91 Å². The number of hydrogen-bond donors (Lipinski definition) is 2. The van der Waals surface area contributed by atoms with E-state index in [0.29, 0.717) is 18.6 Å². The van der Waals surface area contributed by atoms with Gasteiger partial charge in [-0.25, -0.2) is 0 Å². The molecule has 2 fully saturated rings. The van der Waals surface area contributed by atoms with E-state index < -0.39 is 0 Å². The Morgan fingerprint density at radius 1 is 1.47 bits per heavy atom. The lowest BCUT2D eigenvalue weighted by molar-refractivity contribution is -0.120. The molecule has 1 aliphatic carbocycles. The van der Waals surface area contributed by atoms with Gasteiger partial charge in [-0.2, -0.15) is 0 Å². The summed E-state index contributed by atoms with van der Waals surface area (Å²) < 4.78 is 0. The average Bonchev–Trinajstić information content (AvgIpc) is 2.93. The molecule has 1 heterocycles. The highest BCUT2D eigenvalue weighted by atomic mass is 16.2. The minimum atomic E-state index is 0.118. The Kier molecular flexibility index (Phi) is 3.26. The van der Waals surface area contributed by atoms with Crippen LogP contribution in [0.15, 0.2) is 0 Å². The molecule has 15 heavy (non-hydrogen) atoms. The van der Waals surface area contributed by atoms with E-state index >= 15 is 0 Å². The van der Waals surface area contributed by atoms with E-state index in [0.717, 1.165) is 19.0 Å². The lowest BCUT2D eigenvalue weighted by atomic mass is 10.2. The van der Waals surface area contributed by atoms with E-state index in [2.05, 4.69) is 22.5 Å². The maximum atomic E-state index is 11.4. The average molecular weight is 211 g/mol. The van der Waals surface area contributed by atoms with E-state index in [1.807, 2.05) is 0 Å². The topological polar surface area (TPSA) is 44.4 Å². The van der Waals surface area contributed by atoms with Crippen LogP contribution < -0.4 is 10.6 Å². The van der Waals surface area contributed by atoms with Crippen LogP contribution >= 0.6 is 0 Å². The molecule has 2 aliphatic rings. The van der Waals surface area contributed by atoms with Gasteiger partial charge in [-0.3, -0.25) is 9.69 Å². The molecular weight excluding hydrogens is 190 g/mol. The second-order valence-electron chi connectivity index (χ2n) is 4.81. The maximum Gasteiger partial charge on any atom is 0.234 e. The highest BCUT2D eigenvalue weighted by molar-refractivity contribution is 5.78. The van der Waals surface area contributed by atoms with Crippen LogP contribution in [0.5, 0.6) is 0 Å². The summed E-state index contributed by atoms with van der Waals surface area (Å²) in [5, 5.41) is 5.95. The SMILES string of the molecule is CNCC(=O)NC1CC(C)N(C2CC2)C1. The summed E-state index contributed by atoms with van der Waals surface area (Å²) in [6, 6.07) is 1.81. The number of carbonyl (C=O) groups excluding carboxylic acids is 1. The molecule has 4 heteroatoms. The number of nitrogens with one attached hydrogen (secondary N) is 2. The van der Waals surface area contributed by atoms with Crippen LogP contribution in [0.3, 0.4) is 0 Å². The van der Waals surface area contributed by atoms with Crippen molar-refractivity contribution >= 4 is 5.91 Å². The molecule has 1 saturated heterocycles. The fraction of sp³-hybridized carbons (Fsp3) is 0.909. The Labute approximate surface area is 91.4 Å². The quantitative estimate of drug-likeness (QED) is 0.685. The lowest BCUT2D eigenvalue weighted by Crippen LogP contribution is -2.41. The molecule has 0 spiro atoms. The highest BCUT2D eigenvalue weighted by Crippen LogP contribution is 2.33. The minimum Gasteiger partial charge on any atom is -0.351 e. The molecule has 4 nitrogen and oxygen atoms in total. The summed E-state index contributed by atoms with van der Waals surface area (Å²) >= 11 is 0. The van der Waals surface area contributed by atoms with Crippen molar-refractivity contribution in [3.63, 3.8) is 0 Å². The van der Waals surface area contributed by atoms with Crippen LogP contribution in [0.2, 0.25) is 0 Å². The van der Waals surface area contributed by atoms with Crippen molar-refractivity contribution < 1.29 is 4.79 Å². The molecule has 0 aromatic rings. The number of nitrogens with zero attached hydrogens (tertiary/aromatic N) is 1. The van der Waals surface area contributed by atoms with Crippen molar-refractivity contribution in [1.29, 1.82) is 0 Å². The summed E-state index contributed by atoms with van der Waals surface area (Å²) in [6.45, 7) is 3.73. The predicted octanol–water partition coefficient (Wildman–Crippen LogP) is -0.0528. The van der Waals surface area contributed by atoms with Gasteiger partial charge >= 0.3 is 0 Å². The fourth-order valence-electron chi connectivity index (χ4n) is 2.52. The third-order valence-electron chi connectivity index (χ3n) is 3.34. The molecule has 1 saturated carbocycles. The van der Waals surface area contributed by atoms with Gasteiger partial charge in [0.05, 0.1) is 6.54 Å². The second-order valence-corrected chi connectivity index (χ2v) is 4.81. The molecule has 0 bridgehead atoms. The smallest absolute Gasteiger partial charge is 0.234 e. The number of likely N-dealkylation sites (N-methyl/N-ethyl adjacent to an activating group) is 1. The van der Waals surface area contributed by atoms with Gasteiger partial charge < -0.3 is 10.6 Å². The number of amides is 1. The number of carbonyl (C=O) groups is 1. The van der Waals surface area contributed by atoms with Gasteiger partial charge in [-0.05, 0) is 33.2 Å². The molecular formula is C11H21N3O. The minimum absolute atomic E-state index is 0.118. The van der Waals surface area contributed by atoms with Crippen molar-refractivity contribution in [3.05, 3.63) is 0 Å². The van der Waals surface area contributed by atoms with Crippen molar-refractivity contribution in [1.82, 2.24) is 15.5 Å². The van der Waals surface area contributed by atoms with Crippen LogP contribution in [0, 0.1) is 0 Å². The zero-order chi connectivity index (χ0) is 10.8. The molecule has 0 radical (unpaired) electrons. The first-order chi connectivity index (χ1) is 7.20. The largest absolute Gasteiger partial charge is 0.351 e. The molecule has 2 unspecified atom stereocenters. The maximum absolute atomic E-state index is 11.4. The summed E-state index contributed by atoms with van der Waals surface area (Å²) in [5.41, 5.74) is 0. The molecule has 0 aromatic heterocycles. The fourth-order valence-corrected chi connectivity index (χ4v) is 2.52. The highest BCUT2D eigenvalue weighted by Gasteiger charge is 2.38. The molecule has 86 valence electrons. The van der Waals surface area contributed by atoms with Crippen LogP contribution in [0.4, 0.5) is 0 Å². The Hall–Kier alpha value is -0.610. The van der Waals surface area contributed by atoms with Crippen molar-refractivity contribution in [2.45, 2.75) is 44.3 Å². The Balaban J connectivity index is 1.78. The van der Waals surface area contributed by atoms with Gasteiger partial charge in [0.25, 0.3) is 0 Å². The Morgan fingerprint density at radius 2 is 2.20 bits per heavy atom. The summed E-state index contributed by atoms with van der Waals surface area (Å²) in [4.78, 5) is 14.0. The van der Waals surface area contributed by atoms with Crippen molar-refractivity contribution in [2.24, 2.45) is 0 Å². The van der Waals surface area contributed by atoms with E-state index in [4.69, 9.17) is 0 Å². The lowest BCUT2D eigenvalue weighted by Gasteiger charge is -2.19. The summed E-state index contributed by atoms with van der Waals surface area (Å²) in [7, 11) is 1.80. The van der Waals surface area contributed by atoms with E-state index in [1.165, 1.54) is 12.8 Å². The first-order valence-corrected chi connectivity index (χ1v) is 5.90. The van der Waals surface area contributed by atoms with Crippen molar-refractivity contribution in [3.8, 4) is 0 Å². The van der Waals surface area contributed by atoms with Crippen molar-refractivity contribution in [2.75, 3.05) is 20.1 Å². The molecule has 2 N–H and O–H groups in total. The number of likely N-dealkylation sites (tertiary alicyclic amines) is 1. The first-order valence-electron chi connectivity index (χ1n) is 5.90. The normalized spacial score (nSPS) is 31.9. The molecule has 2 rings (SSSR count). The molecule has 2 atom stereocenters. The van der Waals surface area contributed by atoms with Gasteiger partial charge in [-0.1, -0.05) is 0 Å². The number of rotatable bonds is 4. The zero-order valence-electron chi connectivity index (χ0n) is 9.62. The standard InChI is InChI=1S/C11H21N3O/c1-8-5-9(13-11(15)6-12-2)7-14(8)10-3-4-10/h8-10,12H,3-7H2,1-2H3,(H,13,15). The summed E-state index contributed by atoms with van der Waals surface area (Å²) in [5.74, 6) is 0.118. The third kappa shape index (κ3) is 2.69. The first kappa shape index (κ1) is 10.9. The van der Waals surface area contributed by atoms with Gasteiger partial charge in [0.2, 0.25) is 5.91 Å². The van der Waals surface area contributed by atoms with Crippen LogP contribution in [-0.4, -0.2) is 49.1 Å². The van der Waals surface area contributed by atoms with Crippen LogP contribution in [-0.2, 0) is 4.79 Å². The summed E-state index contributed by atoms with van der Waals surface area (Å²) in [6.07, 6.45) is 3.80. The third-order valence-corrected chi connectivity index (χ3v) is 3.34. The van der Waals surface area contributed by atoms with Crippen LogP contribution in [0.25, 0.3) is 0 Å². The molecule has 1 aliphatic heterocycles. The zero-order valence-corrected chi connectivity index (χ0v) is 9.62.